The van der Waals surface area contributed by atoms with E-state index in [0.717, 1.165) is 43.2 Å². The molecule has 7 heteroatoms. The molecule has 7 nitrogen and oxygen atoms in total. The summed E-state index contributed by atoms with van der Waals surface area (Å²) in [6.45, 7) is 1.90. The van der Waals surface area contributed by atoms with E-state index in [4.69, 9.17) is 10.5 Å². The van der Waals surface area contributed by atoms with Crippen molar-refractivity contribution in [3.05, 3.63) is 36.2 Å². The third-order valence-electron chi connectivity index (χ3n) is 4.03. The molecule has 0 unspecified atom stereocenters. The van der Waals surface area contributed by atoms with Gasteiger partial charge in [0.1, 0.15) is 11.6 Å². The molecule has 126 valence electrons. The topological polar surface area (TPSA) is 93.4 Å². The number of hydrogen-bond donors (Lipinski definition) is 2. The Labute approximate surface area is 140 Å². The van der Waals surface area contributed by atoms with E-state index in [2.05, 4.69) is 20.2 Å². The zero-order valence-corrected chi connectivity index (χ0v) is 13.7. The molecule has 0 radical (unpaired) electrons. The van der Waals surface area contributed by atoms with E-state index in [1.165, 1.54) is 6.42 Å². The Morgan fingerprint density at radius 2 is 1.92 bits per heavy atom. The van der Waals surface area contributed by atoms with Crippen LogP contribution in [-0.2, 0) is 0 Å². The number of ether oxygens (including phenoxy) is 1. The fourth-order valence-corrected chi connectivity index (χ4v) is 2.73. The lowest BCUT2D eigenvalue weighted by Crippen LogP contribution is -2.30. The van der Waals surface area contributed by atoms with E-state index in [1.807, 2.05) is 24.3 Å². The summed E-state index contributed by atoms with van der Waals surface area (Å²) >= 11 is 0. The second-order valence-electron chi connectivity index (χ2n) is 5.69. The predicted octanol–water partition coefficient (Wildman–Crippen LogP) is 2.32. The first-order valence-electron chi connectivity index (χ1n) is 8.00. The molecular weight excluding hydrogens is 306 g/mol. The molecule has 3 rings (SSSR count). The number of primary amides is 1. The average Bonchev–Trinajstić information content (AvgIpc) is 2.63. The number of rotatable bonds is 5. The van der Waals surface area contributed by atoms with Crippen molar-refractivity contribution < 1.29 is 9.53 Å². The first-order chi connectivity index (χ1) is 11.7. The Morgan fingerprint density at radius 3 is 2.54 bits per heavy atom. The number of piperidine rings is 1. The van der Waals surface area contributed by atoms with E-state index < -0.39 is 5.91 Å². The first kappa shape index (κ1) is 16.0. The minimum absolute atomic E-state index is 0.131. The summed E-state index contributed by atoms with van der Waals surface area (Å²) in [6, 6.07) is 7.35. The Hall–Kier alpha value is -2.83. The van der Waals surface area contributed by atoms with Crippen LogP contribution in [0.3, 0.4) is 0 Å². The highest BCUT2D eigenvalue weighted by atomic mass is 16.5. The molecule has 0 atom stereocenters. The van der Waals surface area contributed by atoms with Gasteiger partial charge in [0.2, 0.25) is 0 Å². The zero-order chi connectivity index (χ0) is 16.9. The molecule has 3 N–H and O–H groups in total. The smallest absolute Gasteiger partial charge is 0.271 e. The third kappa shape index (κ3) is 3.56. The lowest BCUT2D eigenvalue weighted by molar-refractivity contribution is 0.0996. The lowest BCUT2D eigenvalue weighted by atomic mass is 10.1. The number of nitrogens with two attached hydrogens (primary N) is 1. The molecule has 24 heavy (non-hydrogen) atoms. The first-order valence-corrected chi connectivity index (χ1v) is 8.00. The summed E-state index contributed by atoms with van der Waals surface area (Å²) in [5, 5.41) is 3.13. The Kier molecular flexibility index (Phi) is 4.79. The number of aromatic nitrogens is 2. The number of anilines is 3. The van der Waals surface area contributed by atoms with Gasteiger partial charge >= 0.3 is 0 Å². The maximum absolute atomic E-state index is 11.6. The fraction of sp³-hybridized carbons (Fsp3) is 0.353. The van der Waals surface area contributed by atoms with Crippen molar-refractivity contribution in [3.63, 3.8) is 0 Å². The van der Waals surface area contributed by atoms with E-state index in [-0.39, 0.29) is 5.69 Å². The molecule has 0 bridgehead atoms. The molecule has 0 saturated carbocycles. The van der Waals surface area contributed by atoms with Gasteiger partial charge in [-0.15, -0.1) is 0 Å². The summed E-state index contributed by atoms with van der Waals surface area (Å²) in [5.41, 5.74) is 6.34. The monoisotopic (exact) mass is 327 g/mol. The number of benzene rings is 1. The van der Waals surface area contributed by atoms with Crippen molar-refractivity contribution >= 4 is 23.2 Å². The number of hydrogen-bond acceptors (Lipinski definition) is 6. The molecule has 1 aromatic heterocycles. The van der Waals surface area contributed by atoms with E-state index in [1.54, 1.807) is 13.3 Å². The molecule has 1 aliphatic rings. The number of nitrogens with zero attached hydrogens (tertiary/aromatic N) is 3. The summed E-state index contributed by atoms with van der Waals surface area (Å²) in [5.74, 6) is 1.28. The molecule has 1 amide bonds. The van der Waals surface area contributed by atoms with Crippen LogP contribution < -0.4 is 20.7 Å². The molecule has 1 aromatic carbocycles. The molecule has 1 aliphatic heterocycles. The number of carbonyl (C=O) groups excluding carboxylic acids is 1. The van der Waals surface area contributed by atoms with Crippen LogP contribution in [0.25, 0.3) is 0 Å². The highest BCUT2D eigenvalue weighted by Crippen LogP contribution is 2.24. The maximum atomic E-state index is 11.6. The summed E-state index contributed by atoms with van der Waals surface area (Å²) in [6.07, 6.45) is 5.13. The van der Waals surface area contributed by atoms with Gasteiger partial charge in [0.05, 0.1) is 13.3 Å². The van der Waals surface area contributed by atoms with Crippen molar-refractivity contribution in [2.24, 2.45) is 5.73 Å². The minimum Gasteiger partial charge on any atom is -0.497 e. The van der Waals surface area contributed by atoms with Crippen LogP contribution in [-0.4, -0.2) is 36.1 Å². The van der Waals surface area contributed by atoms with Gasteiger partial charge in [0.25, 0.3) is 5.91 Å². The lowest BCUT2D eigenvalue weighted by Gasteiger charge is -2.27. The molecule has 2 aromatic rings. The zero-order valence-electron chi connectivity index (χ0n) is 13.7. The third-order valence-corrected chi connectivity index (χ3v) is 4.03. The second-order valence-corrected chi connectivity index (χ2v) is 5.69. The van der Waals surface area contributed by atoms with Crippen molar-refractivity contribution in [1.29, 1.82) is 0 Å². The van der Waals surface area contributed by atoms with Gasteiger partial charge in [-0.25, -0.2) is 9.97 Å². The quantitative estimate of drug-likeness (QED) is 0.875. The van der Waals surface area contributed by atoms with Gasteiger partial charge in [-0.2, -0.15) is 0 Å². The molecular formula is C17H21N5O2. The van der Waals surface area contributed by atoms with Crippen LogP contribution in [0, 0.1) is 0 Å². The normalized spacial score (nSPS) is 14.3. The van der Waals surface area contributed by atoms with Crippen LogP contribution in [0.1, 0.15) is 29.8 Å². The highest BCUT2D eigenvalue weighted by molar-refractivity contribution is 5.96. The predicted molar refractivity (Wildman–Crippen MR) is 92.9 cm³/mol. The van der Waals surface area contributed by atoms with Gasteiger partial charge in [0.15, 0.2) is 11.5 Å². The maximum Gasteiger partial charge on any atom is 0.271 e. The second kappa shape index (κ2) is 7.16. The van der Waals surface area contributed by atoms with Crippen LogP contribution in [0.15, 0.2) is 30.5 Å². The van der Waals surface area contributed by atoms with Crippen LogP contribution in [0.5, 0.6) is 5.75 Å². The number of amides is 1. The van der Waals surface area contributed by atoms with Crippen LogP contribution in [0.2, 0.25) is 0 Å². The van der Waals surface area contributed by atoms with Gasteiger partial charge in [-0.1, -0.05) is 0 Å². The SMILES string of the molecule is COc1ccc(Nc2nc(N3CCCCC3)cnc2C(N)=O)cc1. The van der Waals surface area contributed by atoms with Crippen LogP contribution in [0.4, 0.5) is 17.3 Å². The van der Waals surface area contributed by atoms with E-state index >= 15 is 0 Å². The Morgan fingerprint density at radius 1 is 1.21 bits per heavy atom. The number of methoxy groups -OCH3 is 1. The van der Waals surface area contributed by atoms with Crippen LogP contribution >= 0.6 is 0 Å². The molecule has 0 aliphatic carbocycles. The highest BCUT2D eigenvalue weighted by Gasteiger charge is 2.17. The molecule has 1 fully saturated rings. The van der Waals surface area contributed by atoms with Crippen molar-refractivity contribution in [1.82, 2.24) is 9.97 Å². The fourth-order valence-electron chi connectivity index (χ4n) is 2.73. The summed E-state index contributed by atoms with van der Waals surface area (Å²) in [7, 11) is 1.61. The Balaban J connectivity index is 1.88. The standard InChI is InChI=1S/C17H21N5O2/c1-24-13-7-5-12(6-8-13)20-17-15(16(18)23)19-11-14(21-17)22-9-3-2-4-10-22/h5-8,11H,2-4,9-10H2,1H3,(H2,18,23)(H,20,21). The average molecular weight is 327 g/mol. The van der Waals surface area contributed by atoms with Gasteiger partial charge < -0.3 is 20.7 Å². The number of nitrogens with one attached hydrogen (secondary N) is 1. The van der Waals surface area contributed by atoms with Crippen molar-refractivity contribution in [3.8, 4) is 5.75 Å². The largest absolute Gasteiger partial charge is 0.497 e. The molecule has 2 heterocycles. The molecule has 1 saturated heterocycles. The summed E-state index contributed by atoms with van der Waals surface area (Å²) < 4.78 is 5.14. The summed E-state index contributed by atoms with van der Waals surface area (Å²) in [4.78, 5) is 22.6. The Bertz CT molecular complexity index is 711. The van der Waals surface area contributed by atoms with E-state index in [0.29, 0.717) is 5.82 Å². The van der Waals surface area contributed by atoms with E-state index in [9.17, 15) is 4.79 Å². The van der Waals surface area contributed by atoms with Gasteiger partial charge in [-0.05, 0) is 43.5 Å². The van der Waals surface area contributed by atoms with Crippen molar-refractivity contribution in [2.45, 2.75) is 19.3 Å². The van der Waals surface area contributed by atoms with Gasteiger partial charge in [0, 0.05) is 18.8 Å². The number of carbonyl (C=O) groups is 1. The van der Waals surface area contributed by atoms with Gasteiger partial charge in [-0.3, -0.25) is 4.79 Å². The molecule has 0 spiro atoms. The minimum atomic E-state index is -0.608. The van der Waals surface area contributed by atoms with Crippen molar-refractivity contribution in [2.75, 3.05) is 30.4 Å².